The van der Waals surface area contributed by atoms with Crippen LogP contribution in [0.4, 0.5) is 5.95 Å². The van der Waals surface area contributed by atoms with Crippen LogP contribution in [0.3, 0.4) is 0 Å². The maximum atomic E-state index is 12.4. The minimum Gasteiger partial charge on any atom is -0.381 e. The molecule has 1 fully saturated rings. The molecule has 1 N–H and O–H groups in total. The fourth-order valence-corrected chi connectivity index (χ4v) is 3.39. The Morgan fingerprint density at radius 3 is 2.93 bits per heavy atom. The summed E-state index contributed by atoms with van der Waals surface area (Å²) in [6.45, 7) is 3.93. The third-order valence-corrected chi connectivity index (χ3v) is 4.85. The monoisotopic (exact) mass is 368 g/mol. The largest absolute Gasteiger partial charge is 0.381 e. The maximum absolute atomic E-state index is 12.4. The van der Waals surface area contributed by atoms with Crippen LogP contribution in [-0.2, 0) is 20.9 Å². The minimum atomic E-state index is -0.328. The van der Waals surface area contributed by atoms with E-state index in [9.17, 15) is 9.59 Å². The van der Waals surface area contributed by atoms with Gasteiger partial charge in [-0.1, -0.05) is 12.1 Å². The van der Waals surface area contributed by atoms with E-state index in [2.05, 4.69) is 15.3 Å². The van der Waals surface area contributed by atoms with Crippen molar-refractivity contribution >= 4 is 18.3 Å². The molecule has 3 heterocycles. The van der Waals surface area contributed by atoms with Crippen molar-refractivity contribution in [2.45, 2.75) is 32.4 Å². The Morgan fingerprint density at radius 2 is 2.15 bits per heavy atom. The third-order valence-electron chi connectivity index (χ3n) is 4.85. The topological polar surface area (TPSA) is 93.7 Å². The molecule has 1 aromatic carbocycles. The number of anilines is 1. The lowest BCUT2D eigenvalue weighted by molar-refractivity contribution is -0.161. The van der Waals surface area contributed by atoms with E-state index in [0.717, 1.165) is 53.5 Å². The zero-order chi connectivity index (χ0) is 18.8. The van der Waals surface area contributed by atoms with Crippen molar-refractivity contribution in [3.8, 4) is 11.3 Å². The standard InChI is InChI=1S/C19H20N4O4/c1-12-9-20-19(21-15-4-6-26-7-5-15)22-17(12)13-2-3-14-10-23(27-11-24)18(25)16(14)8-13/h2-3,8-9,11,15H,4-7,10H2,1H3,(H,20,21,22). The van der Waals surface area contributed by atoms with Gasteiger partial charge in [-0.3, -0.25) is 9.59 Å². The first-order chi connectivity index (χ1) is 13.2. The van der Waals surface area contributed by atoms with E-state index in [4.69, 9.17) is 9.57 Å². The van der Waals surface area contributed by atoms with Crippen LogP contribution in [0.5, 0.6) is 0 Å². The van der Waals surface area contributed by atoms with Crippen LogP contribution in [0.25, 0.3) is 11.3 Å². The van der Waals surface area contributed by atoms with E-state index in [-0.39, 0.29) is 18.9 Å². The zero-order valence-electron chi connectivity index (χ0n) is 15.0. The van der Waals surface area contributed by atoms with Crippen LogP contribution in [0.1, 0.15) is 34.3 Å². The first-order valence-electron chi connectivity index (χ1n) is 8.89. The highest BCUT2D eigenvalue weighted by molar-refractivity contribution is 5.99. The number of hydrogen-bond donors (Lipinski definition) is 1. The number of nitrogens with one attached hydrogen (secondary N) is 1. The highest BCUT2D eigenvalue weighted by Crippen LogP contribution is 2.29. The summed E-state index contributed by atoms with van der Waals surface area (Å²) in [5, 5.41) is 4.41. The Balaban J connectivity index is 1.61. The molecule has 0 bridgehead atoms. The molecule has 1 saturated heterocycles. The Bertz CT molecular complexity index is 880. The smallest absolute Gasteiger partial charge is 0.320 e. The molecule has 27 heavy (non-hydrogen) atoms. The summed E-state index contributed by atoms with van der Waals surface area (Å²) in [6.07, 6.45) is 3.62. The number of carbonyl (C=O) groups excluding carboxylic acids is 2. The van der Waals surface area contributed by atoms with E-state index >= 15 is 0 Å². The molecule has 0 atom stereocenters. The summed E-state index contributed by atoms with van der Waals surface area (Å²) in [4.78, 5) is 36.7. The van der Waals surface area contributed by atoms with Gasteiger partial charge >= 0.3 is 6.47 Å². The number of fused-ring (bicyclic) bond motifs is 1. The number of amides is 1. The van der Waals surface area contributed by atoms with Gasteiger partial charge in [-0.2, -0.15) is 5.06 Å². The lowest BCUT2D eigenvalue weighted by Crippen LogP contribution is -2.28. The number of carbonyl (C=O) groups is 2. The quantitative estimate of drug-likeness (QED) is 0.808. The number of aromatic nitrogens is 2. The molecule has 8 nitrogen and oxygen atoms in total. The number of benzene rings is 1. The second kappa shape index (κ2) is 7.32. The second-order valence-corrected chi connectivity index (χ2v) is 6.67. The first kappa shape index (κ1) is 17.4. The number of ether oxygens (including phenoxy) is 1. The normalized spacial score (nSPS) is 16.9. The van der Waals surface area contributed by atoms with Crippen molar-refractivity contribution in [1.29, 1.82) is 0 Å². The molecule has 0 unspecified atom stereocenters. The van der Waals surface area contributed by atoms with Gasteiger partial charge in [0.05, 0.1) is 12.2 Å². The summed E-state index contributed by atoms with van der Waals surface area (Å²) in [5.41, 5.74) is 3.85. The molecule has 2 aliphatic rings. The Hall–Kier alpha value is -3.00. The molecule has 0 radical (unpaired) electrons. The average Bonchev–Trinajstić information content (AvgIpc) is 3.00. The van der Waals surface area contributed by atoms with Crippen molar-refractivity contribution in [1.82, 2.24) is 15.0 Å². The molecule has 1 amide bonds. The highest BCUT2D eigenvalue weighted by atomic mass is 16.7. The summed E-state index contributed by atoms with van der Waals surface area (Å²) in [7, 11) is 0. The van der Waals surface area contributed by atoms with Gasteiger partial charge in [0.25, 0.3) is 5.91 Å². The molecular formula is C19H20N4O4. The summed E-state index contributed by atoms with van der Waals surface area (Å²) in [5.74, 6) is 0.242. The van der Waals surface area contributed by atoms with Gasteiger partial charge in [-0.25, -0.2) is 9.97 Å². The molecule has 2 aliphatic heterocycles. The zero-order valence-corrected chi connectivity index (χ0v) is 15.0. The van der Waals surface area contributed by atoms with Crippen molar-refractivity contribution in [3.05, 3.63) is 41.1 Å². The Labute approximate surface area is 156 Å². The number of rotatable bonds is 5. The molecule has 140 valence electrons. The van der Waals surface area contributed by atoms with Crippen LogP contribution in [0.2, 0.25) is 0 Å². The Morgan fingerprint density at radius 1 is 1.33 bits per heavy atom. The van der Waals surface area contributed by atoms with Gasteiger partial charge in [0.15, 0.2) is 0 Å². The van der Waals surface area contributed by atoms with E-state index < -0.39 is 0 Å². The molecule has 8 heteroatoms. The SMILES string of the molecule is Cc1cnc(NC2CCOCC2)nc1-c1ccc2c(c1)C(=O)N(OC=O)C2. The fraction of sp³-hybridized carbons (Fsp3) is 0.368. The molecular weight excluding hydrogens is 348 g/mol. The van der Waals surface area contributed by atoms with Gasteiger partial charge in [0.2, 0.25) is 5.95 Å². The predicted molar refractivity (Wildman–Crippen MR) is 96.7 cm³/mol. The van der Waals surface area contributed by atoms with E-state index in [1.165, 1.54) is 0 Å². The fourth-order valence-electron chi connectivity index (χ4n) is 3.39. The van der Waals surface area contributed by atoms with E-state index in [0.29, 0.717) is 17.6 Å². The molecule has 0 aliphatic carbocycles. The lowest BCUT2D eigenvalue weighted by atomic mass is 10.0. The maximum Gasteiger partial charge on any atom is 0.320 e. The van der Waals surface area contributed by atoms with Crippen molar-refractivity contribution < 1.29 is 19.2 Å². The predicted octanol–water partition coefficient (Wildman–Crippen LogP) is 2.09. The Kier molecular flexibility index (Phi) is 4.72. The van der Waals surface area contributed by atoms with Gasteiger partial charge in [-0.05, 0) is 37.0 Å². The van der Waals surface area contributed by atoms with Gasteiger partial charge in [0, 0.05) is 36.6 Å². The van der Waals surface area contributed by atoms with Crippen LogP contribution in [0, 0.1) is 6.92 Å². The molecule has 4 rings (SSSR count). The van der Waals surface area contributed by atoms with E-state index in [1.807, 2.05) is 19.1 Å². The van der Waals surface area contributed by atoms with Gasteiger partial charge in [-0.15, -0.1) is 0 Å². The number of aryl methyl sites for hydroxylation is 1. The molecule has 2 aromatic rings. The summed E-state index contributed by atoms with van der Waals surface area (Å²) < 4.78 is 5.38. The van der Waals surface area contributed by atoms with Crippen LogP contribution in [-0.4, -0.2) is 46.7 Å². The number of nitrogens with zero attached hydrogens (tertiary/aromatic N) is 3. The summed E-state index contributed by atoms with van der Waals surface area (Å²) >= 11 is 0. The summed E-state index contributed by atoms with van der Waals surface area (Å²) in [6, 6.07) is 5.87. The number of hydrogen-bond acceptors (Lipinski definition) is 7. The molecule has 0 spiro atoms. The second-order valence-electron chi connectivity index (χ2n) is 6.67. The van der Waals surface area contributed by atoms with Crippen molar-refractivity contribution in [3.63, 3.8) is 0 Å². The van der Waals surface area contributed by atoms with E-state index in [1.54, 1.807) is 12.3 Å². The molecule has 1 aromatic heterocycles. The average molecular weight is 368 g/mol. The van der Waals surface area contributed by atoms with Crippen molar-refractivity contribution in [2.24, 2.45) is 0 Å². The lowest BCUT2D eigenvalue weighted by Gasteiger charge is -2.23. The number of hydroxylamine groups is 2. The first-order valence-corrected chi connectivity index (χ1v) is 8.89. The highest BCUT2D eigenvalue weighted by Gasteiger charge is 2.29. The van der Waals surface area contributed by atoms with Crippen LogP contribution < -0.4 is 5.32 Å². The van der Waals surface area contributed by atoms with Crippen LogP contribution >= 0.6 is 0 Å². The van der Waals surface area contributed by atoms with Crippen LogP contribution in [0.15, 0.2) is 24.4 Å². The van der Waals surface area contributed by atoms with Crippen molar-refractivity contribution in [2.75, 3.05) is 18.5 Å². The molecule has 0 saturated carbocycles. The van der Waals surface area contributed by atoms with Gasteiger partial charge < -0.3 is 14.9 Å². The van der Waals surface area contributed by atoms with Gasteiger partial charge in [0.1, 0.15) is 0 Å². The third kappa shape index (κ3) is 3.48. The minimum absolute atomic E-state index is 0.256.